The lowest BCUT2D eigenvalue weighted by molar-refractivity contribution is -0.137. The van der Waals surface area contributed by atoms with Gasteiger partial charge < -0.3 is 20.1 Å². The highest BCUT2D eigenvalue weighted by atomic mass is 16.5. The van der Waals surface area contributed by atoms with Crippen LogP contribution >= 0.6 is 0 Å². The fraction of sp³-hybridized carbons (Fsp3) is 0.786. The number of carboxylic acids is 1. The summed E-state index contributed by atoms with van der Waals surface area (Å²) in [7, 11) is 1.57. The molecule has 2 amide bonds. The predicted octanol–water partition coefficient (Wildman–Crippen LogP) is 0.241. The van der Waals surface area contributed by atoms with Gasteiger partial charge in [-0.3, -0.25) is 14.4 Å². The molecule has 1 aliphatic rings. The normalized spacial score (nSPS) is 19.6. The van der Waals surface area contributed by atoms with Gasteiger partial charge in [0.15, 0.2) is 0 Å². The van der Waals surface area contributed by atoms with Gasteiger partial charge in [-0.2, -0.15) is 0 Å². The third-order valence-corrected chi connectivity index (χ3v) is 3.57. The molecular weight excluding hydrogens is 276 g/mol. The Morgan fingerprint density at radius 2 is 2.24 bits per heavy atom. The molecule has 0 spiro atoms. The van der Waals surface area contributed by atoms with Gasteiger partial charge in [-0.15, -0.1) is 0 Å². The average molecular weight is 300 g/mol. The molecule has 1 saturated heterocycles. The number of nitrogens with zero attached hydrogens (tertiary/aromatic N) is 1. The summed E-state index contributed by atoms with van der Waals surface area (Å²) in [6, 6.07) is -0.0834. The summed E-state index contributed by atoms with van der Waals surface area (Å²) in [6.45, 7) is 3.24. The first kappa shape index (κ1) is 17.4. The van der Waals surface area contributed by atoms with Crippen LogP contribution in [0.5, 0.6) is 0 Å². The SMILES string of the molecule is COCCN1CC(C(=O)NC(C)CCCC(=O)O)CC1=O. The van der Waals surface area contributed by atoms with Crippen molar-refractivity contribution < 1.29 is 24.2 Å². The second-order valence-corrected chi connectivity index (χ2v) is 5.43. The van der Waals surface area contributed by atoms with Crippen LogP contribution in [0.15, 0.2) is 0 Å². The lowest BCUT2D eigenvalue weighted by atomic mass is 10.1. The summed E-state index contributed by atoms with van der Waals surface area (Å²) in [4.78, 5) is 35.9. The van der Waals surface area contributed by atoms with E-state index in [-0.39, 0.29) is 36.6 Å². The second kappa shape index (κ2) is 8.61. The number of rotatable bonds is 9. The number of hydrogen-bond donors (Lipinski definition) is 2. The Bertz CT molecular complexity index is 386. The topological polar surface area (TPSA) is 95.9 Å². The number of methoxy groups -OCH3 is 1. The van der Waals surface area contributed by atoms with Crippen LogP contribution in [0, 0.1) is 5.92 Å². The van der Waals surface area contributed by atoms with Crippen LogP contribution in [-0.2, 0) is 19.1 Å². The van der Waals surface area contributed by atoms with E-state index in [2.05, 4.69) is 5.32 Å². The van der Waals surface area contributed by atoms with Gasteiger partial charge in [0.1, 0.15) is 0 Å². The van der Waals surface area contributed by atoms with Gasteiger partial charge in [0, 0.05) is 39.1 Å². The zero-order chi connectivity index (χ0) is 15.8. The van der Waals surface area contributed by atoms with Crippen LogP contribution in [-0.4, -0.2) is 60.6 Å². The number of hydrogen-bond acceptors (Lipinski definition) is 4. The predicted molar refractivity (Wildman–Crippen MR) is 75.7 cm³/mol. The minimum Gasteiger partial charge on any atom is -0.481 e. The summed E-state index contributed by atoms with van der Waals surface area (Å²) >= 11 is 0. The van der Waals surface area contributed by atoms with E-state index in [4.69, 9.17) is 9.84 Å². The van der Waals surface area contributed by atoms with Crippen LogP contribution in [0.4, 0.5) is 0 Å². The van der Waals surface area contributed by atoms with Gasteiger partial charge in [-0.05, 0) is 19.8 Å². The summed E-state index contributed by atoms with van der Waals surface area (Å²) in [6.07, 6.45) is 1.48. The molecule has 1 aliphatic heterocycles. The molecule has 0 saturated carbocycles. The van der Waals surface area contributed by atoms with Crippen molar-refractivity contribution in [3.8, 4) is 0 Å². The van der Waals surface area contributed by atoms with Crippen molar-refractivity contribution in [1.29, 1.82) is 0 Å². The molecule has 120 valence electrons. The van der Waals surface area contributed by atoms with E-state index in [0.29, 0.717) is 32.5 Å². The molecule has 0 radical (unpaired) electrons. The Hall–Kier alpha value is -1.63. The van der Waals surface area contributed by atoms with Gasteiger partial charge in [-0.25, -0.2) is 0 Å². The highest BCUT2D eigenvalue weighted by Crippen LogP contribution is 2.18. The summed E-state index contributed by atoms with van der Waals surface area (Å²) in [5.41, 5.74) is 0. The molecule has 1 fully saturated rings. The van der Waals surface area contributed by atoms with E-state index in [1.165, 1.54) is 0 Å². The highest BCUT2D eigenvalue weighted by molar-refractivity contribution is 5.89. The smallest absolute Gasteiger partial charge is 0.303 e. The Labute approximate surface area is 124 Å². The first-order valence-electron chi connectivity index (χ1n) is 7.23. The summed E-state index contributed by atoms with van der Waals surface area (Å²) in [5.74, 6) is -1.31. The standard InChI is InChI=1S/C14H24N2O5/c1-10(4-3-5-13(18)19)15-14(20)11-8-12(17)16(9-11)6-7-21-2/h10-11H,3-9H2,1-2H3,(H,15,20)(H,18,19). The number of carboxylic acid groups (broad SMARTS) is 1. The minimum absolute atomic E-state index is 0.0225. The largest absolute Gasteiger partial charge is 0.481 e. The molecule has 0 aromatic carbocycles. The van der Waals surface area contributed by atoms with E-state index in [0.717, 1.165) is 0 Å². The third-order valence-electron chi connectivity index (χ3n) is 3.57. The van der Waals surface area contributed by atoms with Crippen molar-refractivity contribution in [1.82, 2.24) is 10.2 Å². The van der Waals surface area contributed by atoms with E-state index < -0.39 is 5.97 Å². The Morgan fingerprint density at radius 1 is 1.52 bits per heavy atom. The zero-order valence-electron chi connectivity index (χ0n) is 12.6. The van der Waals surface area contributed by atoms with E-state index in [1.54, 1.807) is 12.0 Å². The summed E-state index contributed by atoms with van der Waals surface area (Å²) < 4.78 is 4.93. The fourth-order valence-corrected chi connectivity index (χ4v) is 2.36. The molecular formula is C14H24N2O5. The molecule has 1 rings (SSSR count). The number of amides is 2. The van der Waals surface area contributed by atoms with Gasteiger partial charge >= 0.3 is 5.97 Å². The van der Waals surface area contributed by atoms with Crippen molar-refractivity contribution in [2.75, 3.05) is 26.8 Å². The molecule has 0 aromatic rings. The summed E-state index contributed by atoms with van der Waals surface area (Å²) in [5, 5.41) is 11.4. The van der Waals surface area contributed by atoms with Crippen molar-refractivity contribution in [2.45, 2.75) is 38.6 Å². The van der Waals surface area contributed by atoms with Crippen LogP contribution in [0.1, 0.15) is 32.6 Å². The number of carbonyl (C=O) groups excluding carboxylic acids is 2. The van der Waals surface area contributed by atoms with E-state index in [1.807, 2.05) is 6.92 Å². The fourth-order valence-electron chi connectivity index (χ4n) is 2.36. The van der Waals surface area contributed by atoms with Crippen LogP contribution < -0.4 is 5.32 Å². The average Bonchev–Trinajstić information content (AvgIpc) is 2.77. The molecule has 0 aliphatic carbocycles. The first-order valence-corrected chi connectivity index (χ1v) is 7.23. The molecule has 0 bridgehead atoms. The maximum atomic E-state index is 12.1. The van der Waals surface area contributed by atoms with Gasteiger partial charge in [0.05, 0.1) is 12.5 Å². The number of likely N-dealkylation sites (tertiary alicyclic amines) is 1. The molecule has 2 N–H and O–H groups in total. The first-order chi connectivity index (χ1) is 9.93. The van der Waals surface area contributed by atoms with Gasteiger partial charge in [0.2, 0.25) is 11.8 Å². The zero-order valence-corrected chi connectivity index (χ0v) is 12.6. The number of aliphatic carboxylic acids is 1. The monoisotopic (exact) mass is 300 g/mol. The molecule has 2 atom stereocenters. The molecule has 1 heterocycles. The maximum absolute atomic E-state index is 12.1. The minimum atomic E-state index is -0.830. The van der Waals surface area contributed by atoms with Crippen molar-refractivity contribution in [2.24, 2.45) is 5.92 Å². The number of nitrogens with one attached hydrogen (secondary N) is 1. The van der Waals surface area contributed by atoms with E-state index >= 15 is 0 Å². The number of carbonyl (C=O) groups is 3. The quantitative estimate of drug-likeness (QED) is 0.636. The van der Waals surface area contributed by atoms with Crippen LogP contribution in [0.25, 0.3) is 0 Å². The molecule has 0 aromatic heterocycles. The maximum Gasteiger partial charge on any atom is 0.303 e. The van der Waals surface area contributed by atoms with Crippen LogP contribution in [0.3, 0.4) is 0 Å². The van der Waals surface area contributed by atoms with Crippen LogP contribution in [0.2, 0.25) is 0 Å². The van der Waals surface area contributed by atoms with E-state index in [9.17, 15) is 14.4 Å². The highest BCUT2D eigenvalue weighted by Gasteiger charge is 2.34. The molecule has 7 nitrogen and oxygen atoms in total. The van der Waals surface area contributed by atoms with Gasteiger partial charge in [-0.1, -0.05) is 0 Å². The number of ether oxygens (including phenoxy) is 1. The Morgan fingerprint density at radius 3 is 2.86 bits per heavy atom. The molecule has 2 unspecified atom stereocenters. The Balaban J connectivity index is 2.32. The lowest BCUT2D eigenvalue weighted by Crippen LogP contribution is -2.38. The molecule has 21 heavy (non-hydrogen) atoms. The third kappa shape index (κ3) is 6.12. The van der Waals surface area contributed by atoms with Crippen molar-refractivity contribution in [3.63, 3.8) is 0 Å². The van der Waals surface area contributed by atoms with Gasteiger partial charge in [0.25, 0.3) is 0 Å². The van der Waals surface area contributed by atoms with Crippen molar-refractivity contribution >= 4 is 17.8 Å². The second-order valence-electron chi connectivity index (χ2n) is 5.43. The van der Waals surface area contributed by atoms with Crippen molar-refractivity contribution in [3.05, 3.63) is 0 Å². The molecule has 7 heteroatoms. The Kier molecular flexibility index (Phi) is 7.14. The lowest BCUT2D eigenvalue weighted by Gasteiger charge is -2.18.